The summed E-state index contributed by atoms with van der Waals surface area (Å²) in [5.74, 6) is 0.511. The van der Waals surface area contributed by atoms with Crippen molar-refractivity contribution in [2.75, 3.05) is 0 Å². The van der Waals surface area contributed by atoms with Crippen LogP contribution in [0.3, 0.4) is 0 Å². The molecule has 18 heavy (non-hydrogen) atoms. The number of carbonyl (C=O) groups is 1. The van der Waals surface area contributed by atoms with Crippen LogP contribution >= 0.6 is 0 Å². The second-order valence-electron chi connectivity index (χ2n) is 5.12. The van der Waals surface area contributed by atoms with Crippen LogP contribution in [0.2, 0.25) is 0 Å². The highest BCUT2D eigenvalue weighted by Crippen LogP contribution is 2.36. The maximum Gasteiger partial charge on any atom is 0.311 e. The first kappa shape index (κ1) is 13.0. The summed E-state index contributed by atoms with van der Waals surface area (Å²) in [6, 6.07) is 0. The molecular weight excluding hydrogens is 232 g/mol. The Morgan fingerprint density at radius 1 is 1.44 bits per heavy atom. The third kappa shape index (κ3) is 2.11. The lowest BCUT2D eigenvalue weighted by Gasteiger charge is -2.29. The van der Waals surface area contributed by atoms with Gasteiger partial charge in [-0.1, -0.05) is 20.3 Å². The van der Waals surface area contributed by atoms with Crippen LogP contribution < -0.4 is 0 Å². The van der Waals surface area contributed by atoms with E-state index in [9.17, 15) is 9.90 Å². The van der Waals surface area contributed by atoms with Crippen molar-refractivity contribution >= 4 is 5.97 Å². The van der Waals surface area contributed by atoms with Gasteiger partial charge in [0.1, 0.15) is 0 Å². The fourth-order valence-electron chi connectivity index (χ4n) is 2.41. The standard InChI is InChI=1S/C12H20N4O2/c1-3-12(4-2,11(17)18)8-16-10(13-14-15-16)9-6-5-7-9/h9H,3-8H2,1-2H3,(H,17,18). The molecule has 1 saturated carbocycles. The van der Waals surface area contributed by atoms with Crippen molar-refractivity contribution in [3.63, 3.8) is 0 Å². The number of nitrogens with zero attached hydrogens (tertiary/aromatic N) is 4. The van der Waals surface area contributed by atoms with E-state index in [0.29, 0.717) is 25.3 Å². The molecule has 0 amide bonds. The summed E-state index contributed by atoms with van der Waals surface area (Å²) < 4.78 is 1.70. The van der Waals surface area contributed by atoms with Gasteiger partial charge in [-0.3, -0.25) is 4.79 Å². The predicted molar refractivity (Wildman–Crippen MR) is 65.1 cm³/mol. The molecule has 6 nitrogen and oxygen atoms in total. The normalized spacial score (nSPS) is 16.6. The van der Waals surface area contributed by atoms with Crippen molar-refractivity contribution in [1.82, 2.24) is 20.2 Å². The lowest BCUT2D eigenvalue weighted by Crippen LogP contribution is -2.36. The number of hydrogen-bond acceptors (Lipinski definition) is 4. The highest BCUT2D eigenvalue weighted by molar-refractivity contribution is 5.74. The Balaban J connectivity index is 2.21. The van der Waals surface area contributed by atoms with Gasteiger partial charge < -0.3 is 5.11 Å². The minimum Gasteiger partial charge on any atom is -0.481 e. The first-order chi connectivity index (χ1) is 8.63. The van der Waals surface area contributed by atoms with Gasteiger partial charge in [-0.25, -0.2) is 4.68 Å². The summed E-state index contributed by atoms with van der Waals surface area (Å²) in [6.07, 6.45) is 4.60. The molecule has 1 fully saturated rings. The molecule has 0 atom stereocenters. The summed E-state index contributed by atoms with van der Waals surface area (Å²) in [5.41, 5.74) is -0.756. The number of carboxylic acids is 1. The van der Waals surface area contributed by atoms with Crippen LogP contribution in [0, 0.1) is 5.41 Å². The Morgan fingerprint density at radius 2 is 2.11 bits per heavy atom. The highest BCUT2D eigenvalue weighted by atomic mass is 16.4. The van der Waals surface area contributed by atoms with Crippen LogP contribution in [0.1, 0.15) is 57.7 Å². The third-order valence-corrected chi connectivity index (χ3v) is 4.29. The van der Waals surface area contributed by atoms with Crippen LogP contribution in [0.15, 0.2) is 0 Å². The predicted octanol–water partition coefficient (Wildman–Crippen LogP) is 1.83. The Hall–Kier alpha value is -1.46. The van der Waals surface area contributed by atoms with Gasteiger partial charge in [0, 0.05) is 5.92 Å². The second-order valence-corrected chi connectivity index (χ2v) is 5.12. The first-order valence-electron chi connectivity index (χ1n) is 6.62. The van der Waals surface area contributed by atoms with Gasteiger partial charge in [0.25, 0.3) is 0 Å². The van der Waals surface area contributed by atoms with E-state index >= 15 is 0 Å². The minimum atomic E-state index is -0.762. The van der Waals surface area contributed by atoms with Crippen molar-refractivity contribution in [2.45, 2.75) is 58.4 Å². The summed E-state index contributed by atoms with van der Waals surface area (Å²) in [5, 5.41) is 21.2. The Kier molecular flexibility index (Phi) is 3.63. The van der Waals surface area contributed by atoms with Gasteiger partial charge in [-0.05, 0) is 36.1 Å². The molecule has 0 spiro atoms. The monoisotopic (exact) mass is 252 g/mol. The maximum atomic E-state index is 11.5. The zero-order chi connectivity index (χ0) is 13.2. The molecule has 1 aromatic rings. The lowest BCUT2D eigenvalue weighted by molar-refractivity contribution is -0.150. The van der Waals surface area contributed by atoms with Gasteiger partial charge >= 0.3 is 5.97 Å². The molecule has 1 aliphatic rings. The molecule has 0 aliphatic heterocycles. The van der Waals surface area contributed by atoms with Gasteiger partial charge in [-0.15, -0.1) is 5.10 Å². The van der Waals surface area contributed by atoms with Crippen LogP contribution in [-0.2, 0) is 11.3 Å². The first-order valence-corrected chi connectivity index (χ1v) is 6.62. The Bertz CT molecular complexity index is 421. The van der Waals surface area contributed by atoms with Crippen molar-refractivity contribution in [1.29, 1.82) is 0 Å². The number of hydrogen-bond donors (Lipinski definition) is 1. The van der Waals surface area contributed by atoms with Crippen LogP contribution in [0.4, 0.5) is 0 Å². The molecule has 6 heteroatoms. The summed E-state index contributed by atoms with van der Waals surface area (Å²) in [4.78, 5) is 11.5. The van der Waals surface area contributed by atoms with Gasteiger partial charge in [-0.2, -0.15) is 0 Å². The Morgan fingerprint density at radius 3 is 2.56 bits per heavy atom. The molecule has 1 aromatic heterocycles. The largest absolute Gasteiger partial charge is 0.481 e. The van der Waals surface area contributed by atoms with Crippen molar-refractivity contribution in [3.8, 4) is 0 Å². The van der Waals surface area contributed by atoms with Crippen molar-refractivity contribution in [2.24, 2.45) is 5.41 Å². The highest BCUT2D eigenvalue weighted by Gasteiger charge is 2.37. The summed E-state index contributed by atoms with van der Waals surface area (Å²) in [6.45, 7) is 4.18. The van der Waals surface area contributed by atoms with E-state index in [0.717, 1.165) is 18.7 Å². The minimum absolute atomic E-state index is 0.369. The number of carboxylic acid groups (broad SMARTS) is 1. The molecule has 0 radical (unpaired) electrons. The molecule has 0 aromatic carbocycles. The average molecular weight is 252 g/mol. The van der Waals surface area contributed by atoms with Crippen molar-refractivity contribution < 1.29 is 9.90 Å². The quantitative estimate of drug-likeness (QED) is 0.835. The van der Waals surface area contributed by atoms with E-state index in [2.05, 4.69) is 15.5 Å². The third-order valence-electron chi connectivity index (χ3n) is 4.29. The molecule has 0 unspecified atom stereocenters. The van der Waals surface area contributed by atoms with Crippen LogP contribution in [0.5, 0.6) is 0 Å². The fourth-order valence-corrected chi connectivity index (χ4v) is 2.41. The zero-order valence-corrected chi connectivity index (χ0v) is 11.0. The van der Waals surface area contributed by atoms with E-state index in [1.807, 2.05) is 13.8 Å². The molecule has 1 heterocycles. The number of rotatable bonds is 6. The van der Waals surface area contributed by atoms with Crippen LogP contribution in [0.25, 0.3) is 0 Å². The fraction of sp³-hybridized carbons (Fsp3) is 0.833. The van der Waals surface area contributed by atoms with Gasteiger partial charge in [0.05, 0.1) is 12.0 Å². The number of tetrazole rings is 1. The van der Waals surface area contributed by atoms with E-state index in [1.54, 1.807) is 4.68 Å². The SMILES string of the molecule is CCC(CC)(Cn1nnnc1C1CCC1)C(=O)O. The second kappa shape index (κ2) is 5.04. The molecule has 0 bridgehead atoms. The van der Waals surface area contributed by atoms with E-state index in [-0.39, 0.29) is 0 Å². The smallest absolute Gasteiger partial charge is 0.311 e. The number of aliphatic carboxylic acids is 1. The molecular formula is C12H20N4O2. The number of aromatic nitrogens is 4. The molecule has 2 rings (SSSR count). The molecule has 1 N–H and O–H groups in total. The average Bonchev–Trinajstić information content (AvgIpc) is 2.71. The topological polar surface area (TPSA) is 80.9 Å². The maximum absolute atomic E-state index is 11.5. The molecule has 0 saturated heterocycles. The van der Waals surface area contributed by atoms with Gasteiger partial charge in [0.2, 0.25) is 0 Å². The van der Waals surface area contributed by atoms with Crippen molar-refractivity contribution in [3.05, 3.63) is 5.82 Å². The van der Waals surface area contributed by atoms with E-state index in [1.165, 1.54) is 6.42 Å². The molecule has 1 aliphatic carbocycles. The summed E-state index contributed by atoms with van der Waals surface area (Å²) in [7, 11) is 0. The Labute approximate surface area is 106 Å². The van der Waals surface area contributed by atoms with E-state index in [4.69, 9.17) is 0 Å². The molecule has 100 valence electrons. The summed E-state index contributed by atoms with van der Waals surface area (Å²) >= 11 is 0. The lowest BCUT2D eigenvalue weighted by atomic mass is 9.81. The van der Waals surface area contributed by atoms with Gasteiger partial charge in [0.15, 0.2) is 5.82 Å². The van der Waals surface area contributed by atoms with E-state index < -0.39 is 11.4 Å². The zero-order valence-electron chi connectivity index (χ0n) is 11.0. The van der Waals surface area contributed by atoms with Crippen LogP contribution in [-0.4, -0.2) is 31.3 Å².